The van der Waals surface area contributed by atoms with E-state index in [1.807, 2.05) is 27.7 Å². The van der Waals surface area contributed by atoms with Gasteiger partial charge < -0.3 is 23.7 Å². The smallest absolute Gasteiger partial charge is 0.338 e. The summed E-state index contributed by atoms with van der Waals surface area (Å²) in [6, 6.07) is 8.50. The van der Waals surface area contributed by atoms with Crippen molar-refractivity contribution in [2.45, 2.75) is 96.9 Å². The van der Waals surface area contributed by atoms with Gasteiger partial charge in [-0.3, -0.25) is 14.4 Å². The number of benzene rings is 1. The van der Waals surface area contributed by atoms with Crippen molar-refractivity contribution < 1.29 is 42.9 Å². The maximum absolute atomic E-state index is 13.4. The minimum Gasteiger partial charge on any atom is -0.459 e. The molecule has 1 spiro atoms. The van der Waals surface area contributed by atoms with Crippen molar-refractivity contribution in [2.24, 2.45) is 17.3 Å². The Bertz CT molecular complexity index is 1080. The third kappa shape index (κ3) is 4.41. The van der Waals surface area contributed by atoms with E-state index in [1.54, 1.807) is 30.3 Å². The van der Waals surface area contributed by atoms with Gasteiger partial charge in [-0.2, -0.15) is 0 Å². The number of rotatable bonds is 5. The lowest BCUT2D eigenvalue weighted by Gasteiger charge is -2.62. The van der Waals surface area contributed by atoms with E-state index in [-0.39, 0.29) is 11.8 Å². The highest BCUT2D eigenvalue weighted by molar-refractivity contribution is 5.89. The summed E-state index contributed by atoms with van der Waals surface area (Å²) in [6.45, 7) is 11.6. The van der Waals surface area contributed by atoms with E-state index in [0.29, 0.717) is 18.4 Å². The van der Waals surface area contributed by atoms with Gasteiger partial charge in [0.15, 0.2) is 12.2 Å². The molecular weight excluding hydrogens is 480 g/mol. The van der Waals surface area contributed by atoms with Gasteiger partial charge in [-0.15, -0.1) is 0 Å². The molecule has 9 heteroatoms. The molecule has 0 radical (unpaired) electrons. The number of hydrogen-bond acceptors (Lipinski definition) is 9. The highest BCUT2D eigenvalue weighted by Crippen LogP contribution is 2.67. The lowest BCUT2D eigenvalue weighted by molar-refractivity contribution is -0.291. The zero-order chi connectivity index (χ0) is 27.3. The molecule has 0 amide bonds. The molecule has 9 nitrogen and oxygen atoms in total. The summed E-state index contributed by atoms with van der Waals surface area (Å²) in [5.74, 6) is -2.72. The van der Waals surface area contributed by atoms with Crippen molar-refractivity contribution in [3.8, 4) is 0 Å². The van der Waals surface area contributed by atoms with Crippen LogP contribution in [-0.2, 0) is 38.1 Å². The van der Waals surface area contributed by atoms with Crippen LogP contribution in [0.15, 0.2) is 30.3 Å². The van der Waals surface area contributed by atoms with Crippen molar-refractivity contribution in [1.82, 2.24) is 0 Å². The summed E-state index contributed by atoms with van der Waals surface area (Å²) in [6.07, 6.45) is -2.91. The van der Waals surface area contributed by atoms with Gasteiger partial charge in [-0.1, -0.05) is 25.1 Å². The molecule has 1 aromatic carbocycles. The Balaban J connectivity index is 1.92. The van der Waals surface area contributed by atoms with Crippen molar-refractivity contribution in [3.63, 3.8) is 0 Å². The quantitative estimate of drug-likeness (QED) is 0.427. The van der Waals surface area contributed by atoms with Gasteiger partial charge in [0.25, 0.3) is 0 Å². The third-order valence-corrected chi connectivity index (χ3v) is 8.53. The largest absolute Gasteiger partial charge is 0.459 e. The standard InChI is InChI=1S/C28H36O9/c1-15-13-21(33-16(2)29)23(35-18(4)31)27(7)24(36-25(32)19-11-9-8-10-12-19)22(34-17(3)30)20-14-28(15,27)37-26(20,5)6/h8-12,15,20-24H,13-14H2,1-7H3/t15-,20+,21-,22+,23+,24+,27+,28+/m1/s1. The average molecular weight is 517 g/mol. The summed E-state index contributed by atoms with van der Waals surface area (Å²) >= 11 is 0. The second-order valence-electron chi connectivity index (χ2n) is 11.3. The second-order valence-corrected chi connectivity index (χ2v) is 11.3. The van der Waals surface area contributed by atoms with Crippen LogP contribution in [0, 0.1) is 17.3 Å². The predicted molar refractivity (Wildman–Crippen MR) is 130 cm³/mol. The fraction of sp³-hybridized carbons (Fsp3) is 0.643. The Morgan fingerprint density at radius 2 is 1.43 bits per heavy atom. The number of ether oxygens (including phenoxy) is 5. The van der Waals surface area contributed by atoms with E-state index in [9.17, 15) is 19.2 Å². The Labute approximate surface area is 217 Å². The Hall–Kier alpha value is -2.94. The van der Waals surface area contributed by atoms with E-state index in [0.717, 1.165) is 0 Å². The van der Waals surface area contributed by atoms with Gasteiger partial charge in [-0.25, -0.2) is 4.79 Å². The SMILES string of the molecule is CC(=O)O[C@H]1[C@@H]2C[C@]3(OC2(C)C)[C@H](C)C[C@@H](OC(C)=O)[C@H](OC(C)=O)[C@@]3(C)[C@H]1OC(=O)c1ccccc1. The van der Waals surface area contributed by atoms with Crippen molar-refractivity contribution in [2.75, 3.05) is 0 Å². The Morgan fingerprint density at radius 1 is 0.838 bits per heavy atom. The van der Waals surface area contributed by atoms with E-state index >= 15 is 0 Å². The van der Waals surface area contributed by atoms with Crippen molar-refractivity contribution in [1.29, 1.82) is 0 Å². The molecule has 3 aliphatic rings. The predicted octanol–water partition coefficient (Wildman–Crippen LogP) is 3.62. The van der Waals surface area contributed by atoms with Crippen molar-refractivity contribution >= 4 is 23.9 Å². The van der Waals surface area contributed by atoms with Crippen LogP contribution in [0.4, 0.5) is 0 Å². The fourth-order valence-electron chi connectivity index (χ4n) is 7.06. The topological polar surface area (TPSA) is 114 Å². The lowest BCUT2D eigenvalue weighted by atomic mass is 9.49. The van der Waals surface area contributed by atoms with Crippen molar-refractivity contribution in [3.05, 3.63) is 35.9 Å². The third-order valence-electron chi connectivity index (χ3n) is 8.53. The summed E-state index contributed by atoms with van der Waals surface area (Å²) in [7, 11) is 0. The molecule has 1 heterocycles. The van der Waals surface area contributed by atoms with Gasteiger partial charge in [0.1, 0.15) is 12.2 Å². The summed E-state index contributed by atoms with van der Waals surface area (Å²) in [4.78, 5) is 50.2. The maximum Gasteiger partial charge on any atom is 0.338 e. The van der Waals surface area contributed by atoms with Crippen LogP contribution in [0.2, 0.25) is 0 Å². The molecule has 3 fully saturated rings. The van der Waals surface area contributed by atoms with Crippen LogP contribution in [0.25, 0.3) is 0 Å². The van der Waals surface area contributed by atoms with Gasteiger partial charge >= 0.3 is 23.9 Å². The average Bonchev–Trinajstić information content (AvgIpc) is 3.07. The monoisotopic (exact) mass is 516 g/mol. The van der Waals surface area contributed by atoms with E-state index < -0.39 is 64.9 Å². The molecule has 1 saturated heterocycles. The minimum absolute atomic E-state index is 0.172. The number of carbonyl (C=O) groups excluding carboxylic acids is 4. The Morgan fingerprint density at radius 3 is 2.00 bits per heavy atom. The summed E-state index contributed by atoms with van der Waals surface area (Å²) in [5, 5.41) is 0. The van der Waals surface area contributed by atoms with Gasteiger partial charge in [-0.05, 0) is 51.7 Å². The zero-order valence-electron chi connectivity index (χ0n) is 22.4. The molecule has 202 valence electrons. The number of carbonyl (C=O) groups is 4. The molecular formula is C28H36O9. The first-order chi connectivity index (χ1) is 17.2. The first kappa shape index (κ1) is 27.1. The van der Waals surface area contributed by atoms with E-state index in [1.165, 1.54) is 20.8 Å². The molecule has 2 saturated carbocycles. The number of fused-ring (bicyclic) bond motifs is 1. The zero-order valence-corrected chi connectivity index (χ0v) is 22.4. The molecule has 1 aliphatic heterocycles. The summed E-state index contributed by atoms with van der Waals surface area (Å²) in [5.41, 5.74) is -2.58. The fourth-order valence-corrected chi connectivity index (χ4v) is 7.06. The molecule has 37 heavy (non-hydrogen) atoms. The number of esters is 4. The van der Waals surface area contributed by atoms with Crippen LogP contribution in [0.3, 0.4) is 0 Å². The lowest BCUT2D eigenvalue weighted by Crippen LogP contribution is -2.74. The molecule has 0 unspecified atom stereocenters. The van der Waals surface area contributed by atoms with Crippen LogP contribution >= 0.6 is 0 Å². The molecule has 4 rings (SSSR count). The van der Waals surface area contributed by atoms with Crippen LogP contribution in [0.5, 0.6) is 0 Å². The van der Waals surface area contributed by atoms with E-state index in [4.69, 9.17) is 23.7 Å². The minimum atomic E-state index is -1.23. The Kier molecular flexibility index (Phi) is 6.90. The molecule has 0 aromatic heterocycles. The molecule has 0 N–H and O–H groups in total. The van der Waals surface area contributed by atoms with E-state index in [2.05, 4.69) is 0 Å². The van der Waals surface area contributed by atoms with Gasteiger partial charge in [0.2, 0.25) is 0 Å². The highest BCUT2D eigenvalue weighted by atomic mass is 16.6. The normalized spacial score (nSPS) is 37.6. The summed E-state index contributed by atoms with van der Waals surface area (Å²) < 4.78 is 30.5. The highest BCUT2D eigenvalue weighted by Gasteiger charge is 2.78. The molecule has 2 aliphatic carbocycles. The molecule has 1 aromatic rings. The first-order valence-electron chi connectivity index (χ1n) is 12.7. The van der Waals surface area contributed by atoms with Crippen LogP contribution in [0.1, 0.15) is 71.7 Å². The molecule has 8 atom stereocenters. The first-order valence-corrected chi connectivity index (χ1v) is 12.7. The van der Waals surface area contributed by atoms with Crippen LogP contribution < -0.4 is 0 Å². The van der Waals surface area contributed by atoms with Gasteiger partial charge in [0.05, 0.1) is 22.2 Å². The van der Waals surface area contributed by atoms with Crippen LogP contribution in [-0.4, -0.2) is 59.5 Å². The number of hydrogen-bond donors (Lipinski definition) is 0. The van der Waals surface area contributed by atoms with Gasteiger partial charge in [0, 0.05) is 26.7 Å². The maximum atomic E-state index is 13.4. The second kappa shape index (κ2) is 9.42. The molecule has 2 bridgehead atoms.